The van der Waals surface area contributed by atoms with E-state index < -0.39 is 0 Å². The molecule has 1 aromatic carbocycles. The van der Waals surface area contributed by atoms with Gasteiger partial charge in [0.1, 0.15) is 0 Å². The van der Waals surface area contributed by atoms with E-state index in [1.54, 1.807) is 0 Å². The number of benzene rings is 1. The molecule has 1 aliphatic heterocycles. The molecule has 1 aliphatic rings. The van der Waals surface area contributed by atoms with E-state index in [-0.39, 0.29) is 0 Å². The van der Waals surface area contributed by atoms with Crippen LogP contribution >= 0.6 is 0 Å². The third kappa shape index (κ3) is 3.35. The Morgan fingerprint density at radius 1 is 1.05 bits per heavy atom. The van der Waals surface area contributed by atoms with Crippen molar-refractivity contribution in [3.63, 3.8) is 0 Å². The zero-order valence-corrected chi connectivity index (χ0v) is 12.3. The van der Waals surface area contributed by atoms with E-state index in [1.807, 2.05) is 12.4 Å². The van der Waals surface area contributed by atoms with Gasteiger partial charge in [0, 0.05) is 44.0 Å². The van der Waals surface area contributed by atoms with Crippen molar-refractivity contribution in [3.05, 3.63) is 42.2 Å². The van der Waals surface area contributed by atoms with Gasteiger partial charge in [-0.2, -0.15) is 0 Å². The van der Waals surface area contributed by atoms with Crippen LogP contribution in [0, 0.1) is 0 Å². The highest BCUT2D eigenvalue weighted by Gasteiger charge is 2.12. The Bertz CT molecular complexity index is 559. The third-order valence-corrected chi connectivity index (χ3v) is 4.24. The van der Waals surface area contributed by atoms with Crippen LogP contribution in [0.1, 0.15) is 12.0 Å². The lowest BCUT2D eigenvalue weighted by atomic mass is 10.1. The van der Waals surface area contributed by atoms with Crippen molar-refractivity contribution >= 4 is 10.8 Å². The van der Waals surface area contributed by atoms with E-state index in [0.29, 0.717) is 0 Å². The fraction of sp³-hybridized carbons (Fsp3) is 0.471. The largest absolute Gasteiger partial charge is 0.304 e. The molecule has 20 heavy (non-hydrogen) atoms. The van der Waals surface area contributed by atoms with E-state index in [1.165, 1.54) is 61.9 Å². The molecule has 106 valence electrons. The van der Waals surface area contributed by atoms with Crippen LogP contribution in [-0.4, -0.2) is 54.6 Å². The van der Waals surface area contributed by atoms with Crippen molar-refractivity contribution in [1.82, 2.24) is 14.8 Å². The Morgan fingerprint density at radius 2 is 1.90 bits per heavy atom. The summed E-state index contributed by atoms with van der Waals surface area (Å²) in [5.74, 6) is 0. The highest BCUT2D eigenvalue weighted by atomic mass is 15.2. The first-order valence-electron chi connectivity index (χ1n) is 7.55. The fourth-order valence-corrected chi connectivity index (χ4v) is 2.87. The van der Waals surface area contributed by atoms with Gasteiger partial charge in [-0.3, -0.25) is 4.98 Å². The Hall–Kier alpha value is -1.45. The van der Waals surface area contributed by atoms with Gasteiger partial charge in [0.15, 0.2) is 0 Å². The predicted octanol–water partition coefficient (Wildman–Crippen LogP) is 2.41. The minimum absolute atomic E-state index is 1.17. The second kappa shape index (κ2) is 6.33. The smallest absolute Gasteiger partial charge is 0.0346 e. The monoisotopic (exact) mass is 269 g/mol. The Morgan fingerprint density at radius 3 is 2.75 bits per heavy atom. The van der Waals surface area contributed by atoms with Crippen molar-refractivity contribution in [1.29, 1.82) is 0 Å². The molecule has 0 unspecified atom stereocenters. The first-order valence-corrected chi connectivity index (χ1v) is 7.55. The molecule has 1 saturated heterocycles. The van der Waals surface area contributed by atoms with Crippen molar-refractivity contribution in [2.24, 2.45) is 0 Å². The van der Waals surface area contributed by atoms with Gasteiger partial charge in [-0.15, -0.1) is 0 Å². The number of nitrogens with zero attached hydrogens (tertiary/aromatic N) is 3. The molecule has 0 aliphatic carbocycles. The van der Waals surface area contributed by atoms with Crippen molar-refractivity contribution in [2.75, 3.05) is 39.8 Å². The molecule has 0 radical (unpaired) electrons. The second-order valence-corrected chi connectivity index (χ2v) is 5.81. The van der Waals surface area contributed by atoms with Gasteiger partial charge >= 0.3 is 0 Å². The Kier molecular flexibility index (Phi) is 4.28. The summed E-state index contributed by atoms with van der Waals surface area (Å²) in [6.45, 7) is 6.09. The predicted molar refractivity (Wildman–Crippen MR) is 84.0 cm³/mol. The molecular weight excluding hydrogens is 246 g/mol. The summed E-state index contributed by atoms with van der Waals surface area (Å²) < 4.78 is 0. The van der Waals surface area contributed by atoms with Gasteiger partial charge in [-0.05, 0) is 43.5 Å². The number of likely N-dealkylation sites (N-methyl/N-ethyl adjacent to an activating group) is 1. The molecule has 2 heterocycles. The number of hydrogen-bond acceptors (Lipinski definition) is 3. The van der Waals surface area contributed by atoms with Crippen LogP contribution in [0.2, 0.25) is 0 Å². The normalized spacial score (nSPS) is 17.6. The van der Waals surface area contributed by atoms with Gasteiger partial charge in [-0.25, -0.2) is 0 Å². The first-order chi connectivity index (χ1) is 9.81. The van der Waals surface area contributed by atoms with Crippen LogP contribution in [0.4, 0.5) is 0 Å². The lowest BCUT2D eigenvalue weighted by Gasteiger charge is -2.32. The number of aryl methyl sites for hydroxylation is 1. The molecule has 3 rings (SSSR count). The summed E-state index contributed by atoms with van der Waals surface area (Å²) in [7, 11) is 2.21. The topological polar surface area (TPSA) is 19.4 Å². The van der Waals surface area contributed by atoms with Crippen molar-refractivity contribution in [3.8, 4) is 0 Å². The molecular formula is C17H23N3. The molecule has 0 bridgehead atoms. The molecule has 0 saturated carbocycles. The number of rotatable bonds is 4. The third-order valence-electron chi connectivity index (χ3n) is 4.24. The maximum Gasteiger partial charge on any atom is 0.0346 e. The highest BCUT2D eigenvalue weighted by molar-refractivity contribution is 5.81. The summed E-state index contributed by atoms with van der Waals surface area (Å²) in [6, 6.07) is 8.84. The molecule has 0 atom stereocenters. The zero-order valence-electron chi connectivity index (χ0n) is 12.3. The maximum absolute atomic E-state index is 4.16. The zero-order chi connectivity index (χ0) is 13.8. The van der Waals surface area contributed by atoms with E-state index >= 15 is 0 Å². The second-order valence-electron chi connectivity index (χ2n) is 5.81. The summed E-state index contributed by atoms with van der Waals surface area (Å²) in [5.41, 5.74) is 1.44. The Balaban J connectivity index is 1.52. The fourth-order valence-electron chi connectivity index (χ4n) is 2.87. The van der Waals surface area contributed by atoms with Crippen LogP contribution in [0.5, 0.6) is 0 Å². The van der Waals surface area contributed by atoms with Crippen molar-refractivity contribution < 1.29 is 0 Å². The minimum Gasteiger partial charge on any atom is -0.304 e. The van der Waals surface area contributed by atoms with E-state index in [4.69, 9.17) is 0 Å². The molecule has 3 nitrogen and oxygen atoms in total. The first kappa shape index (κ1) is 13.5. The van der Waals surface area contributed by atoms with Crippen LogP contribution in [0.25, 0.3) is 10.8 Å². The van der Waals surface area contributed by atoms with E-state index in [2.05, 4.69) is 46.1 Å². The maximum atomic E-state index is 4.16. The van der Waals surface area contributed by atoms with E-state index in [9.17, 15) is 0 Å². The van der Waals surface area contributed by atoms with E-state index in [0.717, 1.165) is 0 Å². The summed E-state index contributed by atoms with van der Waals surface area (Å²) in [4.78, 5) is 9.16. The van der Waals surface area contributed by atoms with Gasteiger partial charge in [-0.1, -0.05) is 18.2 Å². The SMILES string of the molecule is CN1CCN(CCCc2ccc3cnccc3c2)CC1. The highest BCUT2D eigenvalue weighted by Crippen LogP contribution is 2.15. The minimum atomic E-state index is 1.17. The molecule has 2 aromatic rings. The molecule has 1 aromatic heterocycles. The molecule has 0 amide bonds. The summed E-state index contributed by atoms with van der Waals surface area (Å²) in [5, 5.41) is 2.53. The lowest BCUT2D eigenvalue weighted by molar-refractivity contribution is 0.153. The molecule has 3 heteroatoms. The quantitative estimate of drug-likeness (QED) is 0.850. The molecule has 0 N–H and O–H groups in total. The van der Waals surface area contributed by atoms with Gasteiger partial charge in [0.05, 0.1) is 0 Å². The van der Waals surface area contributed by atoms with Crippen LogP contribution in [-0.2, 0) is 6.42 Å². The number of fused-ring (bicyclic) bond motifs is 1. The molecule has 0 spiro atoms. The van der Waals surface area contributed by atoms with Gasteiger partial charge in [0.2, 0.25) is 0 Å². The Labute approximate surface area is 121 Å². The van der Waals surface area contributed by atoms with Crippen molar-refractivity contribution in [2.45, 2.75) is 12.8 Å². The summed E-state index contributed by atoms with van der Waals surface area (Å²) >= 11 is 0. The number of aromatic nitrogens is 1. The van der Waals surface area contributed by atoms with Crippen LogP contribution in [0.3, 0.4) is 0 Å². The standard InChI is InChI=1S/C17H23N3/c1-19-9-11-20(12-10-19)8-2-3-15-4-5-17-14-18-7-6-16(17)13-15/h4-7,13-14H,2-3,8-12H2,1H3. The molecule has 1 fully saturated rings. The number of piperazine rings is 1. The average molecular weight is 269 g/mol. The summed E-state index contributed by atoms with van der Waals surface area (Å²) in [6.07, 6.45) is 6.23. The van der Waals surface area contributed by atoms with Crippen LogP contribution in [0.15, 0.2) is 36.7 Å². The number of hydrogen-bond donors (Lipinski definition) is 0. The average Bonchev–Trinajstić information content (AvgIpc) is 2.49. The van der Waals surface area contributed by atoms with Gasteiger partial charge < -0.3 is 9.80 Å². The lowest BCUT2D eigenvalue weighted by Crippen LogP contribution is -2.44. The number of pyridine rings is 1. The van der Waals surface area contributed by atoms with Crippen LogP contribution < -0.4 is 0 Å². The van der Waals surface area contributed by atoms with Gasteiger partial charge in [0.25, 0.3) is 0 Å².